The number of imidazole rings is 1. The number of aromatic nitrogens is 2. The Morgan fingerprint density at radius 1 is 0.936 bits per heavy atom. The molecule has 0 aliphatic carbocycles. The number of halogens is 3. The van der Waals surface area contributed by atoms with Crippen molar-refractivity contribution in [2.24, 2.45) is 5.92 Å². The summed E-state index contributed by atoms with van der Waals surface area (Å²) in [6, 6.07) is 17.9. The van der Waals surface area contributed by atoms with E-state index in [-0.39, 0.29) is 24.8 Å². The van der Waals surface area contributed by atoms with Gasteiger partial charge in [-0.2, -0.15) is 0 Å². The van der Waals surface area contributed by atoms with Crippen LogP contribution in [0.2, 0.25) is 5.02 Å². The second-order valence-corrected chi connectivity index (χ2v) is 12.0. The first-order valence-electron chi connectivity index (χ1n) is 14.8. The lowest BCUT2D eigenvalue weighted by molar-refractivity contribution is -0.121. The van der Waals surface area contributed by atoms with E-state index in [0.29, 0.717) is 81.9 Å². The number of hydrogen-bond donors (Lipinski definition) is 3. The molecule has 10 nitrogen and oxygen atoms in total. The third-order valence-corrected chi connectivity index (χ3v) is 8.90. The number of carbonyl (C=O) groups excluding carboxylic acids is 3. The fourth-order valence-electron chi connectivity index (χ4n) is 5.22. The molecule has 0 aliphatic rings. The van der Waals surface area contributed by atoms with Crippen LogP contribution in [0.4, 0.5) is 11.4 Å². The summed E-state index contributed by atoms with van der Waals surface area (Å²) in [5.74, 6) is 1.28. The van der Waals surface area contributed by atoms with Gasteiger partial charge in [0.05, 0.1) is 30.6 Å². The van der Waals surface area contributed by atoms with E-state index in [2.05, 4.69) is 20.9 Å². The van der Waals surface area contributed by atoms with E-state index in [4.69, 9.17) is 49.3 Å². The second kappa shape index (κ2) is 17.1. The molecule has 1 heterocycles. The minimum atomic E-state index is -0.828. The molecule has 13 heteroatoms. The molecule has 3 aromatic carbocycles. The van der Waals surface area contributed by atoms with Gasteiger partial charge >= 0.3 is 0 Å². The number of hydrogen-bond acceptors (Lipinski definition) is 6. The van der Waals surface area contributed by atoms with Gasteiger partial charge in [0, 0.05) is 17.8 Å². The Hall–Kier alpha value is -4.25. The molecule has 1 aromatic heterocycles. The van der Waals surface area contributed by atoms with Gasteiger partial charge in [0.25, 0.3) is 0 Å². The Balaban J connectivity index is 1.50. The minimum Gasteiger partial charge on any atom is -0.493 e. The Morgan fingerprint density at radius 3 is 2.15 bits per heavy atom. The highest BCUT2D eigenvalue weighted by molar-refractivity contribution is 6.33. The number of aromatic amines is 1. The topological polar surface area (TPSA) is 137 Å². The van der Waals surface area contributed by atoms with Gasteiger partial charge in [-0.15, -0.1) is 23.2 Å². The number of para-hydroxylation sites is 2. The predicted molar refractivity (Wildman–Crippen MR) is 184 cm³/mol. The van der Waals surface area contributed by atoms with Crippen LogP contribution in [-0.4, -0.2) is 42.9 Å². The zero-order chi connectivity index (χ0) is 33.9. The molecular weight excluding hydrogens is 665 g/mol. The molecule has 247 valence electrons. The summed E-state index contributed by atoms with van der Waals surface area (Å²) in [6.07, 6.45) is 2.61. The molecule has 3 N–H and O–H groups in total. The van der Waals surface area contributed by atoms with E-state index in [1.807, 2.05) is 19.1 Å². The Morgan fingerprint density at radius 2 is 1.55 bits per heavy atom. The molecule has 0 spiro atoms. The highest BCUT2D eigenvalue weighted by Gasteiger charge is 2.28. The van der Waals surface area contributed by atoms with E-state index >= 15 is 0 Å². The summed E-state index contributed by atoms with van der Waals surface area (Å²) in [7, 11) is 3.09. The summed E-state index contributed by atoms with van der Waals surface area (Å²) in [5, 5.41) is 8.45. The van der Waals surface area contributed by atoms with Crippen molar-refractivity contribution in [3.8, 4) is 11.5 Å². The number of alkyl halides is 2. The molecule has 3 unspecified atom stereocenters. The number of ether oxygens (including phenoxy) is 2. The molecule has 1 radical (unpaired) electrons. The van der Waals surface area contributed by atoms with Gasteiger partial charge in [-0.1, -0.05) is 61.0 Å². The largest absolute Gasteiger partial charge is 0.493 e. The van der Waals surface area contributed by atoms with Crippen molar-refractivity contribution < 1.29 is 23.9 Å². The molecule has 47 heavy (non-hydrogen) atoms. The third-order valence-electron chi connectivity index (χ3n) is 7.59. The number of anilines is 2. The van der Waals surface area contributed by atoms with Gasteiger partial charge in [0.2, 0.25) is 18.7 Å². The summed E-state index contributed by atoms with van der Waals surface area (Å²) in [5.41, 5.74) is 3.99. The summed E-state index contributed by atoms with van der Waals surface area (Å²) >= 11 is 20.5. The number of benzene rings is 3. The van der Waals surface area contributed by atoms with Crippen LogP contribution in [0.5, 0.6) is 11.5 Å². The Kier molecular flexibility index (Phi) is 12.9. The maximum absolute atomic E-state index is 12.9. The van der Waals surface area contributed by atoms with Crippen molar-refractivity contribution in [3.05, 3.63) is 99.6 Å². The smallest absolute Gasteiger partial charge is 0.241 e. The van der Waals surface area contributed by atoms with Crippen molar-refractivity contribution in [2.45, 2.75) is 43.5 Å². The molecule has 0 saturated carbocycles. The summed E-state index contributed by atoms with van der Waals surface area (Å²) < 4.78 is 10.7. The van der Waals surface area contributed by atoms with Crippen LogP contribution in [0, 0.1) is 5.92 Å². The van der Waals surface area contributed by atoms with Crippen LogP contribution < -0.4 is 25.4 Å². The number of carbonyl (C=O) groups is 3. The van der Waals surface area contributed by atoms with E-state index < -0.39 is 10.8 Å². The average molecular weight is 700 g/mol. The van der Waals surface area contributed by atoms with Crippen LogP contribution in [-0.2, 0) is 27.3 Å². The Labute approximate surface area is 288 Å². The van der Waals surface area contributed by atoms with Gasteiger partial charge in [-0.25, -0.2) is 10.3 Å². The maximum Gasteiger partial charge on any atom is 0.241 e. The molecule has 3 amide bonds. The van der Waals surface area contributed by atoms with Crippen molar-refractivity contribution in [1.82, 2.24) is 15.3 Å². The highest BCUT2D eigenvalue weighted by atomic mass is 35.5. The lowest BCUT2D eigenvalue weighted by atomic mass is 9.96. The third kappa shape index (κ3) is 8.77. The van der Waals surface area contributed by atoms with Crippen LogP contribution in [0.3, 0.4) is 0 Å². The molecule has 4 rings (SSSR count). The van der Waals surface area contributed by atoms with Crippen LogP contribution >= 0.6 is 34.8 Å². The standard InChI is InChI=1S/C34H35Cl3N5O5/c1-20(16-21-13-14-26(46-2)34(47-3)29(21)35)12-15-28(45)38-17-27-41-32(30(36)22-8-4-6-10-24(22)39-18-43)33(42-27)31(37)23-9-5-7-11-25(23)40-19-44/h4-11,13-14,18-20,30-31H,12,15-17H2,1-3H3,(H,39,43)(H,40,44)(H,41,42). The monoisotopic (exact) mass is 698 g/mol. The molecule has 0 fully saturated rings. The first kappa shape index (κ1) is 35.6. The molecule has 0 bridgehead atoms. The lowest BCUT2D eigenvalue weighted by Gasteiger charge is -2.18. The first-order valence-corrected chi connectivity index (χ1v) is 16.0. The number of nitrogens with one attached hydrogen (secondary N) is 3. The van der Waals surface area contributed by atoms with Gasteiger partial charge in [-0.3, -0.25) is 14.4 Å². The normalized spacial score (nSPS) is 12.8. The number of rotatable bonds is 17. The van der Waals surface area contributed by atoms with E-state index in [1.54, 1.807) is 55.6 Å². The van der Waals surface area contributed by atoms with Crippen LogP contribution in [0.15, 0.2) is 60.7 Å². The first-order chi connectivity index (χ1) is 22.7. The number of amides is 3. The van der Waals surface area contributed by atoms with Crippen molar-refractivity contribution in [3.63, 3.8) is 0 Å². The van der Waals surface area contributed by atoms with E-state index in [0.717, 1.165) is 5.56 Å². The minimum absolute atomic E-state index is 0.0303. The lowest BCUT2D eigenvalue weighted by Crippen LogP contribution is -2.17. The molecular formula is C34H35Cl3N5O5. The number of H-pyrrole nitrogens is 1. The molecule has 0 saturated heterocycles. The molecule has 0 aliphatic heterocycles. The fourth-order valence-corrected chi connectivity index (χ4v) is 6.24. The van der Waals surface area contributed by atoms with E-state index in [9.17, 15) is 14.4 Å². The quantitative estimate of drug-likeness (QED) is 0.0790. The van der Waals surface area contributed by atoms with Gasteiger partial charge in [0.15, 0.2) is 11.5 Å². The summed E-state index contributed by atoms with van der Waals surface area (Å²) in [4.78, 5) is 43.3. The van der Waals surface area contributed by atoms with Crippen molar-refractivity contribution >= 4 is 64.9 Å². The second-order valence-electron chi connectivity index (χ2n) is 10.7. The van der Waals surface area contributed by atoms with E-state index in [1.165, 1.54) is 7.11 Å². The summed E-state index contributed by atoms with van der Waals surface area (Å²) in [6.45, 7) is 2.01. The zero-order valence-electron chi connectivity index (χ0n) is 26.1. The van der Waals surface area contributed by atoms with Crippen LogP contribution in [0.1, 0.15) is 64.4 Å². The number of nitrogens with zero attached hydrogens (tertiary/aromatic N) is 2. The zero-order valence-corrected chi connectivity index (χ0v) is 28.3. The maximum atomic E-state index is 12.9. The number of methoxy groups -OCH3 is 2. The molecule has 3 atom stereocenters. The van der Waals surface area contributed by atoms with Gasteiger partial charge in [0.1, 0.15) is 23.1 Å². The van der Waals surface area contributed by atoms with Crippen LogP contribution in [0.25, 0.3) is 0 Å². The van der Waals surface area contributed by atoms with Crippen molar-refractivity contribution in [1.29, 1.82) is 0 Å². The predicted octanol–water partition coefficient (Wildman–Crippen LogP) is 7.16. The highest BCUT2D eigenvalue weighted by Crippen LogP contribution is 2.41. The molecule has 4 aromatic rings. The SMILES string of the molecule is COc1ccc(CC(C)CCC(=O)[N]Cc2nc(C(Cl)c3ccccc3NC=O)c(C(Cl)c3ccccc3NC=O)[nH]2)c(Cl)c1OC. The van der Waals surface area contributed by atoms with Gasteiger partial charge < -0.3 is 25.1 Å². The van der Waals surface area contributed by atoms with Crippen molar-refractivity contribution in [2.75, 3.05) is 24.9 Å². The van der Waals surface area contributed by atoms with Gasteiger partial charge in [-0.05, 0) is 53.6 Å². The Bertz CT molecular complexity index is 1620. The fraction of sp³-hybridized carbons (Fsp3) is 0.294. The average Bonchev–Trinajstić information content (AvgIpc) is 3.51.